The molecule has 1 aromatic rings. The first-order valence-corrected chi connectivity index (χ1v) is 6.28. The average Bonchev–Trinajstić information content (AvgIpc) is 2.39. The number of rotatable bonds is 3. The Morgan fingerprint density at radius 2 is 2.17 bits per heavy atom. The summed E-state index contributed by atoms with van der Waals surface area (Å²) in [7, 11) is 1.40. The molecule has 1 fully saturated rings. The van der Waals surface area contributed by atoms with E-state index in [1.54, 1.807) is 0 Å². The maximum Gasteiger partial charge on any atom is 0.327 e. The summed E-state index contributed by atoms with van der Waals surface area (Å²) >= 11 is 0. The molecule has 2 rings (SSSR count). The van der Waals surface area contributed by atoms with E-state index in [-0.39, 0.29) is 5.97 Å². The number of nitrogens with zero attached hydrogens (tertiary/aromatic N) is 1. The van der Waals surface area contributed by atoms with Crippen LogP contribution in [0.25, 0.3) is 0 Å². The van der Waals surface area contributed by atoms with E-state index in [0.29, 0.717) is 13.0 Å². The quantitative estimate of drug-likeness (QED) is 0.815. The molecule has 4 nitrogen and oxygen atoms in total. The van der Waals surface area contributed by atoms with Crippen molar-refractivity contribution >= 4 is 5.97 Å². The van der Waals surface area contributed by atoms with E-state index >= 15 is 0 Å². The van der Waals surface area contributed by atoms with Gasteiger partial charge in [0.15, 0.2) is 0 Å². The number of benzene rings is 1. The Morgan fingerprint density at radius 1 is 1.44 bits per heavy atom. The van der Waals surface area contributed by atoms with Gasteiger partial charge in [0.25, 0.3) is 0 Å². The van der Waals surface area contributed by atoms with Crippen molar-refractivity contribution < 1.29 is 9.53 Å². The third-order valence-corrected chi connectivity index (χ3v) is 3.44. The molecule has 1 aliphatic rings. The Bertz CT molecular complexity index is 408. The molecule has 0 bridgehead atoms. The van der Waals surface area contributed by atoms with Gasteiger partial charge in [0.1, 0.15) is 5.54 Å². The molecule has 4 heteroatoms. The van der Waals surface area contributed by atoms with Crippen molar-refractivity contribution in [3.05, 3.63) is 35.9 Å². The topological polar surface area (TPSA) is 55.6 Å². The van der Waals surface area contributed by atoms with Crippen molar-refractivity contribution in [3.8, 4) is 0 Å². The molecule has 0 amide bonds. The molecule has 1 heterocycles. The molecular formula is C14H20N2O2. The lowest BCUT2D eigenvalue weighted by atomic mass is 9.90. The van der Waals surface area contributed by atoms with Crippen LogP contribution in [0.4, 0.5) is 0 Å². The summed E-state index contributed by atoms with van der Waals surface area (Å²) < 4.78 is 4.80. The van der Waals surface area contributed by atoms with Crippen LogP contribution in [0, 0.1) is 0 Å². The van der Waals surface area contributed by atoms with Gasteiger partial charge in [-0.25, -0.2) is 0 Å². The first-order valence-electron chi connectivity index (χ1n) is 6.28. The normalized spacial score (nSPS) is 24.8. The largest absolute Gasteiger partial charge is 0.468 e. The fourth-order valence-corrected chi connectivity index (χ4v) is 2.52. The lowest BCUT2D eigenvalue weighted by Gasteiger charge is -2.38. The van der Waals surface area contributed by atoms with Gasteiger partial charge in [-0.15, -0.1) is 0 Å². The highest BCUT2D eigenvalue weighted by molar-refractivity contribution is 5.80. The van der Waals surface area contributed by atoms with Crippen LogP contribution in [-0.4, -0.2) is 36.6 Å². The number of likely N-dealkylation sites (tertiary alicyclic amines) is 1. The lowest BCUT2D eigenvalue weighted by molar-refractivity contribution is -0.149. The Balaban J connectivity index is 2.01. The number of piperidine rings is 1. The Kier molecular flexibility index (Phi) is 3.99. The van der Waals surface area contributed by atoms with Crippen LogP contribution in [0.1, 0.15) is 18.4 Å². The number of nitrogens with two attached hydrogens (primary N) is 1. The average molecular weight is 248 g/mol. The minimum absolute atomic E-state index is 0.305. The van der Waals surface area contributed by atoms with Crippen LogP contribution in [0.3, 0.4) is 0 Å². The van der Waals surface area contributed by atoms with Gasteiger partial charge < -0.3 is 10.5 Å². The second-order valence-electron chi connectivity index (χ2n) is 4.95. The van der Waals surface area contributed by atoms with E-state index in [0.717, 1.165) is 19.5 Å². The third-order valence-electron chi connectivity index (χ3n) is 3.44. The van der Waals surface area contributed by atoms with Crippen LogP contribution < -0.4 is 5.73 Å². The first-order chi connectivity index (χ1) is 8.64. The van der Waals surface area contributed by atoms with Gasteiger partial charge in [0.2, 0.25) is 0 Å². The molecule has 1 saturated heterocycles. The molecule has 0 aliphatic carbocycles. The number of ether oxygens (including phenoxy) is 1. The lowest BCUT2D eigenvalue weighted by Crippen LogP contribution is -2.59. The number of methoxy groups -OCH3 is 1. The van der Waals surface area contributed by atoms with Crippen molar-refractivity contribution in [2.75, 3.05) is 20.2 Å². The van der Waals surface area contributed by atoms with Gasteiger partial charge in [0.05, 0.1) is 7.11 Å². The second-order valence-corrected chi connectivity index (χ2v) is 4.95. The van der Waals surface area contributed by atoms with E-state index < -0.39 is 5.54 Å². The highest BCUT2D eigenvalue weighted by Gasteiger charge is 2.39. The first kappa shape index (κ1) is 13.1. The molecule has 0 aromatic heterocycles. The molecule has 98 valence electrons. The zero-order valence-electron chi connectivity index (χ0n) is 10.8. The van der Waals surface area contributed by atoms with Crippen LogP contribution in [-0.2, 0) is 16.1 Å². The smallest absolute Gasteiger partial charge is 0.327 e. The molecular weight excluding hydrogens is 228 g/mol. The molecule has 1 aromatic carbocycles. The maximum absolute atomic E-state index is 11.7. The van der Waals surface area contributed by atoms with Crippen LogP contribution >= 0.6 is 0 Å². The summed E-state index contributed by atoms with van der Waals surface area (Å²) in [6.45, 7) is 2.37. The Labute approximate surface area is 108 Å². The number of carbonyl (C=O) groups excluding carboxylic acids is 1. The third kappa shape index (κ3) is 2.89. The highest BCUT2D eigenvalue weighted by atomic mass is 16.5. The van der Waals surface area contributed by atoms with Crippen molar-refractivity contribution in [2.45, 2.75) is 24.9 Å². The number of hydrogen-bond donors (Lipinski definition) is 1. The summed E-state index contributed by atoms with van der Waals surface area (Å²) in [5.74, 6) is -0.305. The highest BCUT2D eigenvalue weighted by Crippen LogP contribution is 2.21. The van der Waals surface area contributed by atoms with Gasteiger partial charge in [-0.3, -0.25) is 9.69 Å². The Hall–Kier alpha value is -1.39. The molecule has 1 aliphatic heterocycles. The van der Waals surface area contributed by atoms with E-state index in [4.69, 9.17) is 10.5 Å². The molecule has 0 saturated carbocycles. The molecule has 0 unspecified atom stereocenters. The number of esters is 1. The van der Waals surface area contributed by atoms with Crippen molar-refractivity contribution in [1.29, 1.82) is 0 Å². The fraction of sp³-hybridized carbons (Fsp3) is 0.500. The maximum atomic E-state index is 11.7. The molecule has 1 atom stereocenters. The molecule has 2 N–H and O–H groups in total. The van der Waals surface area contributed by atoms with Crippen molar-refractivity contribution in [3.63, 3.8) is 0 Å². The monoisotopic (exact) mass is 248 g/mol. The van der Waals surface area contributed by atoms with Gasteiger partial charge in [0, 0.05) is 13.1 Å². The molecule has 18 heavy (non-hydrogen) atoms. The van der Waals surface area contributed by atoms with E-state index in [2.05, 4.69) is 17.0 Å². The van der Waals surface area contributed by atoms with Crippen molar-refractivity contribution in [1.82, 2.24) is 4.90 Å². The molecule has 0 spiro atoms. The fourth-order valence-electron chi connectivity index (χ4n) is 2.52. The summed E-state index contributed by atoms with van der Waals surface area (Å²) in [5.41, 5.74) is 6.54. The summed E-state index contributed by atoms with van der Waals surface area (Å²) in [6.07, 6.45) is 1.63. The summed E-state index contributed by atoms with van der Waals surface area (Å²) in [4.78, 5) is 13.9. The molecule has 0 radical (unpaired) electrons. The van der Waals surface area contributed by atoms with Gasteiger partial charge in [-0.05, 0) is 24.9 Å². The van der Waals surface area contributed by atoms with E-state index in [1.165, 1.54) is 12.7 Å². The number of carbonyl (C=O) groups is 1. The predicted octanol–water partition coefficient (Wildman–Crippen LogP) is 1.15. The summed E-state index contributed by atoms with van der Waals surface area (Å²) in [6, 6.07) is 10.2. The zero-order chi connectivity index (χ0) is 13.0. The Morgan fingerprint density at radius 3 is 2.83 bits per heavy atom. The van der Waals surface area contributed by atoms with Gasteiger partial charge >= 0.3 is 5.97 Å². The van der Waals surface area contributed by atoms with E-state index in [1.807, 2.05) is 18.2 Å². The minimum Gasteiger partial charge on any atom is -0.468 e. The van der Waals surface area contributed by atoms with Crippen LogP contribution in [0.15, 0.2) is 30.3 Å². The summed E-state index contributed by atoms with van der Waals surface area (Å²) in [5, 5.41) is 0. The minimum atomic E-state index is -0.845. The second kappa shape index (κ2) is 5.50. The zero-order valence-corrected chi connectivity index (χ0v) is 10.8. The van der Waals surface area contributed by atoms with Gasteiger partial charge in [-0.1, -0.05) is 30.3 Å². The predicted molar refractivity (Wildman–Crippen MR) is 69.9 cm³/mol. The van der Waals surface area contributed by atoms with Crippen LogP contribution in [0.2, 0.25) is 0 Å². The van der Waals surface area contributed by atoms with Crippen LogP contribution in [0.5, 0.6) is 0 Å². The standard InChI is InChI=1S/C14H20N2O2/c1-18-13(17)14(15)8-5-9-16(11-14)10-12-6-3-2-4-7-12/h2-4,6-7H,5,8-11,15H2,1H3/t14-/m0/s1. The van der Waals surface area contributed by atoms with Gasteiger partial charge in [-0.2, -0.15) is 0 Å². The SMILES string of the molecule is COC(=O)[C@]1(N)CCCN(Cc2ccccc2)C1. The number of hydrogen-bond acceptors (Lipinski definition) is 4. The van der Waals surface area contributed by atoms with E-state index in [9.17, 15) is 4.79 Å². The van der Waals surface area contributed by atoms with Crippen molar-refractivity contribution in [2.24, 2.45) is 5.73 Å².